The predicted molar refractivity (Wildman–Crippen MR) is 114 cm³/mol. The van der Waals surface area contributed by atoms with Gasteiger partial charge in [0.15, 0.2) is 0 Å². The van der Waals surface area contributed by atoms with Crippen LogP contribution >= 0.6 is 0 Å². The maximum atomic E-state index is 12.6. The van der Waals surface area contributed by atoms with Crippen LogP contribution in [0.25, 0.3) is 22.0 Å². The van der Waals surface area contributed by atoms with Crippen molar-refractivity contribution in [2.75, 3.05) is 19.6 Å². The van der Waals surface area contributed by atoms with E-state index in [1.165, 1.54) is 16.9 Å². The molecule has 2 aromatic heterocycles. The molecule has 0 aliphatic carbocycles. The van der Waals surface area contributed by atoms with E-state index in [0.717, 1.165) is 46.8 Å². The zero-order valence-corrected chi connectivity index (χ0v) is 18.6. The second-order valence-electron chi connectivity index (χ2n) is 7.03. The average Bonchev–Trinajstić information content (AvgIpc) is 2.71. The Balaban J connectivity index is 1.74. The van der Waals surface area contributed by atoms with Crippen molar-refractivity contribution in [3.05, 3.63) is 47.9 Å². The third-order valence-corrected chi connectivity index (χ3v) is 6.25. The molecule has 3 aromatic rings. The number of likely N-dealkylation sites (tertiary alicyclic amines) is 1. The second kappa shape index (κ2) is 8.29. The van der Waals surface area contributed by atoms with Gasteiger partial charge in [-0.05, 0) is 0 Å². The van der Waals surface area contributed by atoms with E-state index >= 15 is 0 Å². The Bertz CT molecular complexity index is 1100. The van der Waals surface area contributed by atoms with Crippen LogP contribution in [-0.2, 0) is 0 Å². The molecule has 1 aliphatic heterocycles. The van der Waals surface area contributed by atoms with Crippen LogP contribution in [0.4, 0.5) is 0 Å². The van der Waals surface area contributed by atoms with E-state index in [4.69, 9.17) is 0 Å². The number of aromatic nitrogens is 3. The molecule has 1 aromatic carbocycles. The van der Waals surface area contributed by atoms with Gasteiger partial charge in [-0.25, -0.2) is 0 Å². The van der Waals surface area contributed by atoms with Gasteiger partial charge < -0.3 is 0 Å². The molecule has 3 heterocycles. The summed E-state index contributed by atoms with van der Waals surface area (Å²) in [4.78, 5) is 31.0. The molecule has 0 bridgehead atoms. The van der Waals surface area contributed by atoms with Gasteiger partial charge in [-0.2, -0.15) is 0 Å². The SMILES string of the molecule is CCCNC(=O)c1nnc2c(-c3cncc(C(=O)N4CCC4)c3)cccc2c1[AsH2]. The van der Waals surface area contributed by atoms with Crippen LogP contribution in [0.1, 0.15) is 40.6 Å². The van der Waals surface area contributed by atoms with Gasteiger partial charge >= 0.3 is 177 Å². The Morgan fingerprint density at radius 2 is 2.03 bits per heavy atom. The number of hydrogen-bond acceptors (Lipinski definition) is 5. The van der Waals surface area contributed by atoms with E-state index in [1.54, 1.807) is 12.4 Å². The predicted octanol–water partition coefficient (Wildman–Crippen LogP) is 0.936. The van der Waals surface area contributed by atoms with Crippen LogP contribution in [0.15, 0.2) is 36.7 Å². The summed E-state index contributed by atoms with van der Waals surface area (Å²) < 4.78 is 0.846. The quantitative estimate of drug-likeness (QED) is 0.584. The number of fused-ring (bicyclic) bond motifs is 1. The van der Waals surface area contributed by atoms with E-state index in [-0.39, 0.29) is 11.8 Å². The normalized spacial score (nSPS) is 13.2. The first-order valence-corrected chi connectivity index (χ1v) is 10.9. The van der Waals surface area contributed by atoms with Crippen molar-refractivity contribution in [1.82, 2.24) is 25.4 Å². The fourth-order valence-corrected chi connectivity index (χ4v) is 4.16. The van der Waals surface area contributed by atoms with Gasteiger partial charge in [0.25, 0.3) is 0 Å². The fraction of sp³-hybridized carbons (Fsp3) is 0.286. The summed E-state index contributed by atoms with van der Waals surface area (Å²) in [5.74, 6) is -0.193. The molecule has 0 saturated carbocycles. The summed E-state index contributed by atoms with van der Waals surface area (Å²) >= 11 is 1.33. The fourth-order valence-electron chi connectivity index (χ4n) is 3.28. The van der Waals surface area contributed by atoms with Crippen molar-refractivity contribution in [2.24, 2.45) is 0 Å². The van der Waals surface area contributed by atoms with E-state index in [1.807, 2.05) is 36.1 Å². The molecule has 0 radical (unpaired) electrons. The molecule has 1 fully saturated rings. The third-order valence-electron chi connectivity index (χ3n) is 5.02. The van der Waals surface area contributed by atoms with Crippen molar-refractivity contribution < 1.29 is 9.59 Å². The first kappa shape index (κ1) is 19.5. The summed E-state index contributed by atoms with van der Waals surface area (Å²) in [7, 11) is 0. The number of benzene rings is 1. The van der Waals surface area contributed by atoms with Crippen LogP contribution in [0, 0.1) is 0 Å². The minimum atomic E-state index is -0.199. The molecule has 4 rings (SSSR count). The molecule has 1 aliphatic rings. The van der Waals surface area contributed by atoms with E-state index in [2.05, 4.69) is 20.5 Å². The van der Waals surface area contributed by atoms with Gasteiger partial charge in [0.1, 0.15) is 0 Å². The summed E-state index contributed by atoms with van der Waals surface area (Å²) in [6, 6.07) is 7.67. The van der Waals surface area contributed by atoms with Gasteiger partial charge in [0.05, 0.1) is 0 Å². The Morgan fingerprint density at radius 1 is 1.21 bits per heavy atom. The summed E-state index contributed by atoms with van der Waals surface area (Å²) in [5.41, 5.74) is 3.30. The molecular formula is C21H22AsN5O2. The Kier molecular flexibility index (Phi) is 5.58. The van der Waals surface area contributed by atoms with Crippen molar-refractivity contribution >= 4 is 43.9 Å². The van der Waals surface area contributed by atoms with Crippen LogP contribution in [0.5, 0.6) is 0 Å². The summed E-state index contributed by atoms with van der Waals surface area (Å²) in [6.07, 6.45) is 5.24. The Morgan fingerprint density at radius 3 is 2.76 bits per heavy atom. The molecule has 7 nitrogen and oxygen atoms in total. The minimum absolute atomic E-state index is 0.00585. The number of rotatable bonds is 5. The van der Waals surface area contributed by atoms with Crippen molar-refractivity contribution in [2.45, 2.75) is 19.8 Å². The number of carbonyl (C=O) groups excluding carboxylic acids is 2. The second-order valence-corrected chi connectivity index (χ2v) is 8.24. The van der Waals surface area contributed by atoms with E-state index < -0.39 is 0 Å². The van der Waals surface area contributed by atoms with Crippen LogP contribution in [0.3, 0.4) is 0 Å². The molecule has 1 atom stereocenters. The first-order chi connectivity index (χ1) is 14.1. The van der Waals surface area contributed by atoms with Crippen molar-refractivity contribution in [3.63, 3.8) is 0 Å². The molecular weight excluding hydrogens is 429 g/mol. The number of carbonyl (C=O) groups is 2. The zero-order chi connectivity index (χ0) is 20.4. The first-order valence-electron chi connectivity index (χ1n) is 9.68. The van der Waals surface area contributed by atoms with Gasteiger partial charge in [-0.3, -0.25) is 0 Å². The number of nitrogens with zero attached hydrogens (tertiary/aromatic N) is 4. The molecule has 8 heteroatoms. The molecule has 148 valence electrons. The van der Waals surface area contributed by atoms with E-state index in [0.29, 0.717) is 23.3 Å². The van der Waals surface area contributed by atoms with Crippen molar-refractivity contribution in [1.29, 1.82) is 0 Å². The molecule has 2 amide bonds. The molecule has 1 N–H and O–H groups in total. The number of pyridine rings is 1. The maximum absolute atomic E-state index is 12.6. The van der Waals surface area contributed by atoms with E-state index in [9.17, 15) is 9.59 Å². The zero-order valence-electron chi connectivity index (χ0n) is 16.2. The van der Waals surface area contributed by atoms with Gasteiger partial charge in [0, 0.05) is 0 Å². The molecule has 0 spiro atoms. The number of hydrogen-bond donors (Lipinski definition) is 1. The summed E-state index contributed by atoms with van der Waals surface area (Å²) in [6.45, 7) is 4.21. The van der Waals surface area contributed by atoms with Crippen LogP contribution in [-0.4, -0.2) is 68.4 Å². The number of nitrogens with one attached hydrogen (secondary N) is 1. The van der Waals surface area contributed by atoms with Gasteiger partial charge in [-0.15, -0.1) is 0 Å². The summed E-state index contributed by atoms with van der Waals surface area (Å²) in [5, 5.41) is 12.3. The average molecular weight is 451 g/mol. The molecule has 1 saturated heterocycles. The monoisotopic (exact) mass is 451 g/mol. The van der Waals surface area contributed by atoms with Crippen LogP contribution < -0.4 is 9.67 Å². The standard InChI is InChI=1S/C21H22AsN5O2/c1-2-7-24-20(28)19-17(22)16-6-3-5-15(18(16)25-26-19)13-10-14(12-23-11-13)21(29)27-8-4-9-27/h3,5-6,10-12H,2,4,7-9,22H2,1H3,(H,24,28). The van der Waals surface area contributed by atoms with Crippen molar-refractivity contribution in [3.8, 4) is 11.1 Å². The van der Waals surface area contributed by atoms with Crippen LogP contribution in [0.2, 0.25) is 0 Å². The topological polar surface area (TPSA) is 88.1 Å². The third kappa shape index (κ3) is 3.75. The molecule has 29 heavy (non-hydrogen) atoms. The molecule has 1 unspecified atom stereocenters. The Hall–Kier alpha value is -2.79. The Labute approximate surface area is 177 Å². The van der Waals surface area contributed by atoms with Gasteiger partial charge in [-0.1, -0.05) is 0 Å². The number of amides is 2. The van der Waals surface area contributed by atoms with Gasteiger partial charge in [0.2, 0.25) is 0 Å².